The van der Waals surface area contributed by atoms with Crippen molar-refractivity contribution in [2.45, 2.75) is 19.8 Å². The number of fused-ring (bicyclic) bond motifs is 1. The number of amides is 2. The van der Waals surface area contributed by atoms with Gasteiger partial charge in [0, 0.05) is 31.0 Å². The van der Waals surface area contributed by atoms with Crippen molar-refractivity contribution in [3.8, 4) is 5.75 Å². The van der Waals surface area contributed by atoms with Gasteiger partial charge in [-0.25, -0.2) is 4.98 Å². The minimum Gasteiger partial charge on any atom is -0.497 e. The summed E-state index contributed by atoms with van der Waals surface area (Å²) >= 11 is 0. The summed E-state index contributed by atoms with van der Waals surface area (Å²) in [6, 6.07) is 12.6. The summed E-state index contributed by atoms with van der Waals surface area (Å²) in [7, 11) is 1.57. The molecule has 2 amide bonds. The second-order valence-electron chi connectivity index (χ2n) is 7.40. The SMILES string of the molecule is COc1cccc(NC(=O)c2nc(C(=O)N3CCC(C)CC3)n3ccccc23)c1. The fourth-order valence-corrected chi connectivity index (χ4v) is 3.60. The number of benzene rings is 1. The molecule has 0 unspecified atom stereocenters. The summed E-state index contributed by atoms with van der Waals surface area (Å²) in [5, 5.41) is 2.84. The van der Waals surface area contributed by atoms with Gasteiger partial charge in [-0.2, -0.15) is 0 Å². The minimum absolute atomic E-state index is 0.140. The van der Waals surface area contributed by atoms with E-state index in [0.717, 1.165) is 12.8 Å². The van der Waals surface area contributed by atoms with Gasteiger partial charge in [-0.15, -0.1) is 0 Å². The van der Waals surface area contributed by atoms with Gasteiger partial charge in [0.15, 0.2) is 5.69 Å². The smallest absolute Gasteiger partial charge is 0.290 e. The number of hydrogen-bond acceptors (Lipinski definition) is 4. The first-order valence-corrected chi connectivity index (χ1v) is 9.78. The molecule has 4 rings (SSSR count). The van der Waals surface area contributed by atoms with Crippen LogP contribution in [-0.4, -0.2) is 46.3 Å². The number of anilines is 1. The van der Waals surface area contributed by atoms with Crippen LogP contribution in [0.25, 0.3) is 5.52 Å². The fraction of sp³-hybridized carbons (Fsp3) is 0.318. The number of rotatable bonds is 4. The van der Waals surface area contributed by atoms with Crippen LogP contribution in [0.2, 0.25) is 0 Å². The molecule has 3 aromatic rings. The van der Waals surface area contributed by atoms with Crippen LogP contribution in [0, 0.1) is 5.92 Å². The Morgan fingerprint density at radius 1 is 1.14 bits per heavy atom. The van der Waals surface area contributed by atoms with Gasteiger partial charge in [-0.1, -0.05) is 19.1 Å². The summed E-state index contributed by atoms with van der Waals surface area (Å²) in [6.45, 7) is 3.63. The molecule has 1 aliphatic rings. The Balaban J connectivity index is 1.65. The first kappa shape index (κ1) is 19.0. The first-order valence-electron chi connectivity index (χ1n) is 9.78. The van der Waals surface area contributed by atoms with E-state index in [9.17, 15) is 9.59 Å². The number of methoxy groups -OCH3 is 1. The molecule has 0 spiro atoms. The van der Waals surface area contributed by atoms with Crippen LogP contribution in [0.1, 0.15) is 40.9 Å². The Kier molecular flexibility index (Phi) is 5.20. The lowest BCUT2D eigenvalue weighted by atomic mass is 9.99. The van der Waals surface area contributed by atoms with Crippen molar-refractivity contribution in [2.75, 3.05) is 25.5 Å². The van der Waals surface area contributed by atoms with Gasteiger partial charge < -0.3 is 15.0 Å². The van der Waals surface area contributed by atoms with Crippen LogP contribution in [0.3, 0.4) is 0 Å². The maximum absolute atomic E-state index is 13.1. The van der Waals surface area contributed by atoms with Crippen molar-refractivity contribution < 1.29 is 14.3 Å². The van der Waals surface area contributed by atoms with Crippen molar-refractivity contribution >= 4 is 23.0 Å². The highest BCUT2D eigenvalue weighted by molar-refractivity contribution is 6.09. The largest absolute Gasteiger partial charge is 0.497 e. The van der Waals surface area contributed by atoms with E-state index in [-0.39, 0.29) is 23.3 Å². The molecule has 0 atom stereocenters. The molecule has 1 fully saturated rings. The Bertz CT molecular complexity index is 1050. The average molecular weight is 392 g/mol. The van der Waals surface area contributed by atoms with E-state index in [0.29, 0.717) is 36.0 Å². The zero-order valence-electron chi connectivity index (χ0n) is 16.6. The lowest BCUT2D eigenvalue weighted by molar-refractivity contribution is 0.0684. The zero-order chi connectivity index (χ0) is 20.4. The number of hydrogen-bond donors (Lipinski definition) is 1. The molecule has 1 aromatic carbocycles. The van der Waals surface area contributed by atoms with Gasteiger partial charge in [0.25, 0.3) is 11.8 Å². The van der Waals surface area contributed by atoms with Gasteiger partial charge in [-0.3, -0.25) is 14.0 Å². The van der Waals surface area contributed by atoms with Gasteiger partial charge in [0.05, 0.1) is 12.6 Å². The highest BCUT2D eigenvalue weighted by atomic mass is 16.5. The summed E-state index contributed by atoms with van der Waals surface area (Å²) in [5.74, 6) is 1.03. The number of carbonyl (C=O) groups excluding carboxylic acids is 2. The average Bonchev–Trinajstić information content (AvgIpc) is 3.14. The highest BCUT2D eigenvalue weighted by Crippen LogP contribution is 2.22. The summed E-state index contributed by atoms with van der Waals surface area (Å²) in [4.78, 5) is 32.3. The number of aromatic nitrogens is 2. The zero-order valence-corrected chi connectivity index (χ0v) is 16.6. The van der Waals surface area contributed by atoms with Gasteiger partial charge in [0.2, 0.25) is 5.82 Å². The van der Waals surface area contributed by atoms with Crippen molar-refractivity contribution in [1.29, 1.82) is 0 Å². The van der Waals surface area contributed by atoms with Crippen LogP contribution in [0.5, 0.6) is 5.75 Å². The van der Waals surface area contributed by atoms with E-state index in [4.69, 9.17) is 4.74 Å². The number of likely N-dealkylation sites (tertiary alicyclic amines) is 1. The molecule has 7 nitrogen and oxygen atoms in total. The van der Waals surface area contributed by atoms with Gasteiger partial charge in [0.1, 0.15) is 5.75 Å². The Morgan fingerprint density at radius 2 is 1.93 bits per heavy atom. The van der Waals surface area contributed by atoms with E-state index in [1.165, 1.54) is 0 Å². The predicted molar refractivity (Wildman–Crippen MR) is 110 cm³/mol. The van der Waals surface area contributed by atoms with Gasteiger partial charge in [-0.05, 0) is 43.0 Å². The molecule has 2 aromatic heterocycles. The summed E-state index contributed by atoms with van der Waals surface area (Å²) in [5.41, 5.74) is 1.42. The molecule has 150 valence electrons. The third-order valence-corrected chi connectivity index (χ3v) is 5.35. The van der Waals surface area contributed by atoms with Crippen molar-refractivity contribution in [3.63, 3.8) is 0 Å². The topological polar surface area (TPSA) is 75.9 Å². The van der Waals surface area contributed by atoms with E-state index in [1.807, 2.05) is 17.0 Å². The summed E-state index contributed by atoms with van der Waals surface area (Å²) < 4.78 is 6.90. The molecular formula is C22H24N4O3. The molecule has 0 radical (unpaired) electrons. The maximum atomic E-state index is 13.1. The number of imidazole rings is 1. The van der Waals surface area contributed by atoms with Crippen LogP contribution in [0.15, 0.2) is 48.7 Å². The van der Waals surface area contributed by atoms with Crippen molar-refractivity contribution in [2.24, 2.45) is 5.92 Å². The number of piperidine rings is 1. The third kappa shape index (κ3) is 3.81. The molecule has 1 N–H and O–H groups in total. The van der Waals surface area contributed by atoms with Crippen LogP contribution < -0.4 is 10.1 Å². The second kappa shape index (κ2) is 7.95. The molecule has 1 aliphatic heterocycles. The van der Waals surface area contributed by atoms with E-state index < -0.39 is 0 Å². The number of nitrogens with zero attached hydrogens (tertiary/aromatic N) is 3. The molecule has 7 heteroatoms. The second-order valence-corrected chi connectivity index (χ2v) is 7.40. The van der Waals surface area contributed by atoms with Crippen LogP contribution in [-0.2, 0) is 0 Å². The lowest BCUT2D eigenvalue weighted by Crippen LogP contribution is -2.38. The van der Waals surface area contributed by atoms with Crippen LogP contribution >= 0.6 is 0 Å². The molecular weight excluding hydrogens is 368 g/mol. The van der Waals surface area contributed by atoms with Crippen molar-refractivity contribution in [3.05, 3.63) is 60.2 Å². The van der Waals surface area contributed by atoms with Gasteiger partial charge >= 0.3 is 0 Å². The Labute approximate surface area is 169 Å². The number of carbonyl (C=O) groups is 2. The lowest BCUT2D eigenvalue weighted by Gasteiger charge is -2.29. The predicted octanol–water partition coefficient (Wildman–Crippen LogP) is 3.47. The Hall–Kier alpha value is -3.35. The van der Waals surface area contributed by atoms with E-state index in [2.05, 4.69) is 17.2 Å². The van der Waals surface area contributed by atoms with Crippen molar-refractivity contribution in [1.82, 2.24) is 14.3 Å². The Morgan fingerprint density at radius 3 is 2.69 bits per heavy atom. The molecule has 1 saturated heterocycles. The maximum Gasteiger partial charge on any atom is 0.290 e. The molecule has 0 saturated carbocycles. The standard InChI is InChI=1S/C22H24N4O3/c1-15-9-12-25(13-10-15)22(28)20-24-19(18-8-3-4-11-26(18)20)21(27)23-16-6-5-7-17(14-16)29-2/h3-8,11,14-15H,9-10,12-13H2,1-2H3,(H,23,27). The first-order chi connectivity index (χ1) is 14.1. The molecule has 3 heterocycles. The number of pyridine rings is 1. The third-order valence-electron chi connectivity index (χ3n) is 5.35. The highest BCUT2D eigenvalue weighted by Gasteiger charge is 2.27. The minimum atomic E-state index is -0.367. The summed E-state index contributed by atoms with van der Waals surface area (Å²) in [6.07, 6.45) is 3.74. The normalized spacial score (nSPS) is 14.8. The molecule has 0 aliphatic carbocycles. The fourth-order valence-electron chi connectivity index (χ4n) is 3.60. The number of nitrogens with one attached hydrogen (secondary N) is 1. The monoisotopic (exact) mass is 392 g/mol. The van der Waals surface area contributed by atoms with Crippen LogP contribution in [0.4, 0.5) is 5.69 Å². The molecule has 29 heavy (non-hydrogen) atoms. The van der Waals surface area contributed by atoms with E-state index >= 15 is 0 Å². The van der Waals surface area contributed by atoms with E-state index in [1.54, 1.807) is 48.0 Å². The molecule has 0 bridgehead atoms. The quantitative estimate of drug-likeness (QED) is 0.738. The number of ether oxygens (including phenoxy) is 1.